The zero-order chi connectivity index (χ0) is 92.9. The van der Waals surface area contributed by atoms with Crippen LogP contribution < -0.4 is 4.74 Å². The molecule has 0 radical (unpaired) electrons. The van der Waals surface area contributed by atoms with Gasteiger partial charge >= 0.3 is 30.5 Å². The van der Waals surface area contributed by atoms with Crippen LogP contribution in [0.3, 0.4) is 0 Å². The lowest BCUT2D eigenvalue weighted by molar-refractivity contribution is 0.0654. The van der Waals surface area contributed by atoms with E-state index in [-0.39, 0.29) is 66.8 Å². The first-order chi connectivity index (χ1) is 63.8. The Bertz CT molecular complexity index is 6850. The van der Waals surface area contributed by atoms with Gasteiger partial charge in [-0.3, -0.25) is 24.5 Å². The van der Waals surface area contributed by atoms with E-state index in [9.17, 15) is 24.0 Å². The van der Waals surface area contributed by atoms with Crippen molar-refractivity contribution < 1.29 is 52.4 Å². The van der Waals surface area contributed by atoms with Gasteiger partial charge in [0.05, 0.1) is 52.3 Å². The summed E-state index contributed by atoms with van der Waals surface area (Å²) in [5.41, 5.74) is 23.2. The van der Waals surface area contributed by atoms with E-state index in [0.717, 1.165) is 168 Å². The molecule has 0 aliphatic carbocycles. The minimum Gasteiger partial charge on any atom is -0.497 e. The summed E-state index contributed by atoms with van der Waals surface area (Å²) >= 11 is 35.4. The van der Waals surface area contributed by atoms with Crippen molar-refractivity contribution in [2.75, 3.05) is 67.3 Å². The van der Waals surface area contributed by atoms with E-state index in [4.69, 9.17) is 80.1 Å². The molecule has 0 fully saturated rings. The lowest BCUT2D eigenvalue weighted by atomic mass is 9.92. The first-order valence-electron chi connectivity index (χ1n) is 43.6. The largest absolute Gasteiger partial charge is 0.497 e. The van der Waals surface area contributed by atoms with E-state index in [1.807, 2.05) is 189 Å². The lowest BCUT2D eigenvalue weighted by Crippen LogP contribution is -2.41. The Hall–Kier alpha value is -11.9. The highest BCUT2D eigenvalue weighted by Gasteiger charge is 2.42. The van der Waals surface area contributed by atoms with Crippen molar-refractivity contribution in [2.24, 2.45) is 0 Å². The molecular weight excluding hydrogens is 1950 g/mol. The van der Waals surface area contributed by atoms with Crippen molar-refractivity contribution in [2.45, 2.75) is 109 Å². The first-order valence-corrected chi connectivity index (χ1v) is 47.5. The van der Waals surface area contributed by atoms with Gasteiger partial charge in [-0.2, -0.15) is 5.26 Å². The average Bonchev–Trinajstić information content (AvgIpc) is 1.60. The maximum atomic E-state index is 12.8. The number of benzene rings is 10. The summed E-state index contributed by atoms with van der Waals surface area (Å²) in [4.78, 5) is 89.4. The molecule has 678 valence electrons. The molecule has 10 aromatic carbocycles. The number of methoxy groups -OCH3 is 3. The molecule has 5 atom stereocenters. The van der Waals surface area contributed by atoms with Crippen molar-refractivity contribution in [1.29, 1.82) is 5.26 Å². The van der Waals surface area contributed by atoms with Crippen LogP contribution in [0, 0.1) is 18.3 Å². The number of aromatic nitrogens is 5. The lowest BCUT2D eigenvalue weighted by Gasteiger charge is -2.35. The van der Waals surface area contributed by atoms with Gasteiger partial charge in [0.25, 0.3) is 0 Å². The Kier molecular flexibility index (Phi) is 29.1. The van der Waals surface area contributed by atoms with Crippen LogP contribution in [-0.4, -0.2) is 153 Å². The third-order valence-corrected chi connectivity index (χ3v) is 27.0. The third-order valence-electron chi connectivity index (χ3n) is 24.5. The van der Waals surface area contributed by atoms with Gasteiger partial charge < -0.3 is 53.3 Å². The molecule has 22 nitrogen and oxygen atoms in total. The second-order valence-electron chi connectivity index (χ2n) is 33.0. The molecular formula is C103H96Br3Cl4N11O11. The van der Waals surface area contributed by atoms with Crippen molar-refractivity contribution in [1.82, 2.24) is 49.4 Å². The number of carbonyl (C=O) groups is 5. The molecule has 5 aliphatic rings. The molecule has 20 rings (SSSR count). The monoisotopic (exact) mass is 2040 g/mol. The number of H-pyrrole nitrogens is 5. The number of nitrogens with one attached hydrogen (secondary N) is 5. The predicted molar refractivity (Wildman–Crippen MR) is 529 cm³/mol. The van der Waals surface area contributed by atoms with Gasteiger partial charge in [0.15, 0.2) is 0 Å². The highest BCUT2D eigenvalue weighted by Crippen LogP contribution is 2.47. The van der Waals surface area contributed by atoms with Gasteiger partial charge in [0, 0.05) is 149 Å². The molecule has 0 saturated carbocycles. The van der Waals surface area contributed by atoms with Crippen molar-refractivity contribution >= 4 is 179 Å². The topological polar surface area (TPSA) is 260 Å². The van der Waals surface area contributed by atoms with Crippen molar-refractivity contribution in [3.63, 3.8) is 0 Å². The second-order valence-corrected chi connectivity index (χ2v) is 37.5. The van der Waals surface area contributed by atoms with Gasteiger partial charge in [-0.25, -0.2) is 24.0 Å². The quantitative estimate of drug-likeness (QED) is 0.0801. The van der Waals surface area contributed by atoms with Crippen molar-refractivity contribution in [3.05, 3.63) is 341 Å². The van der Waals surface area contributed by atoms with Crippen LogP contribution in [0.2, 0.25) is 20.1 Å². The number of halogens is 7. The number of amides is 5. The Balaban J connectivity index is 0.000000120. The fourth-order valence-electron chi connectivity index (χ4n) is 18.6. The molecule has 5 unspecified atom stereocenters. The fourth-order valence-corrected chi connectivity index (χ4v) is 20.3. The highest BCUT2D eigenvalue weighted by molar-refractivity contribution is 9.11. The van der Waals surface area contributed by atoms with Crippen LogP contribution in [0.1, 0.15) is 160 Å². The molecule has 132 heavy (non-hydrogen) atoms. The zero-order valence-corrected chi connectivity index (χ0v) is 81.5. The Morgan fingerprint density at radius 2 is 0.720 bits per heavy atom. The summed E-state index contributed by atoms with van der Waals surface area (Å²) in [6.45, 7) is 13.4. The Morgan fingerprint density at radius 3 is 1.08 bits per heavy atom. The van der Waals surface area contributed by atoms with Crippen molar-refractivity contribution in [3.8, 4) is 11.8 Å². The van der Waals surface area contributed by atoms with Crippen LogP contribution in [0.4, 0.5) is 24.0 Å². The number of nitrogens with zero attached hydrogens (tertiary/aromatic N) is 6. The Morgan fingerprint density at radius 1 is 0.394 bits per heavy atom. The number of carbonyl (C=O) groups excluding carboxylic acids is 5. The summed E-state index contributed by atoms with van der Waals surface area (Å²) in [5, 5.41) is 17.6. The predicted octanol–water partition coefficient (Wildman–Crippen LogP) is 26.4. The molecule has 5 aliphatic heterocycles. The van der Waals surface area contributed by atoms with Gasteiger partial charge in [-0.05, 0) is 261 Å². The van der Waals surface area contributed by atoms with E-state index in [1.165, 1.54) is 53.0 Å². The molecule has 0 saturated heterocycles. The van der Waals surface area contributed by atoms with Gasteiger partial charge in [-0.1, -0.05) is 179 Å². The van der Waals surface area contributed by atoms with E-state index in [2.05, 4.69) is 134 Å². The summed E-state index contributed by atoms with van der Waals surface area (Å²) in [5.74, 6) is 0.776. The zero-order valence-electron chi connectivity index (χ0n) is 73.7. The Labute approximate surface area is 809 Å². The molecule has 5 amide bonds. The van der Waals surface area contributed by atoms with Crippen LogP contribution in [-0.2, 0) is 55.8 Å². The normalized spacial score (nSPS) is 16.4. The van der Waals surface area contributed by atoms with E-state index in [1.54, 1.807) is 33.9 Å². The third kappa shape index (κ3) is 19.7. The molecule has 5 N–H and O–H groups in total. The number of aryl methyl sites for hydroxylation is 1. The fraction of sp³-hybridized carbons (Fsp3) is 0.262. The maximum absolute atomic E-state index is 12.8. The minimum atomic E-state index is -0.341. The summed E-state index contributed by atoms with van der Waals surface area (Å²) in [6, 6.07) is 70.1. The van der Waals surface area contributed by atoms with Crippen LogP contribution in [0.25, 0.3) is 54.5 Å². The number of hydrogen-bond acceptors (Lipinski definition) is 12. The number of nitriles is 1. The second kappa shape index (κ2) is 41.1. The first kappa shape index (κ1) is 93.4. The van der Waals surface area contributed by atoms with Gasteiger partial charge in [0.1, 0.15) is 36.0 Å². The summed E-state index contributed by atoms with van der Waals surface area (Å²) in [7, 11) is 4.46. The highest BCUT2D eigenvalue weighted by atomic mass is 79.9. The number of hydrogen-bond donors (Lipinski definition) is 5. The SMILES string of the molecule is CC(C)OC(=O)N1CCc2c([nH]c3ccc(Cl)cc23)C1c1ccc(C#N)cc1.CCCOC(=O)N1CCc2c([nH]c3ccc(Cl)cc23)C1c1ccc(C)cc1.CCOC(=O)N1CCc2c([nH]c3ccc(Br)cc23)C1c1cccc(Br)c1.COC(=O)N1CCc2c([nH]c3ccc(Cl)cc23)C1c1ccc(Br)cc1.COC(=O)N1CCc2c([nH]c3ccc(Cl)cc23)C1c1ccc(OC)cc1. The standard InChI is InChI=1S/C22H20ClN3O2.C22H23ClN2O2.C20H18Br2N2O2.C20H19ClN2O3.C19H16BrClN2O2/c1-13(2)28-22(27)26-10-9-17-18-11-16(23)7-8-19(18)25-20(17)21(26)15-5-3-14(12-24)4-6-15;1-3-12-27-22(26)25-11-10-17-18-13-16(23)8-9-19(18)24-20(17)21(25)15-6-4-14(2)5-7-15;1-2-26-20(25)24-9-8-15-16-11-14(22)6-7-17(16)23-18(15)19(24)12-4-3-5-13(21)10-12;1-25-14-6-3-12(4-7-14)19-18-15(9-10-23(19)20(24)26-2)16-11-13(21)5-8-17(16)22-18;1-25-19(24)23-9-8-14-15-10-13(21)6-7-16(15)22-17(14)18(23)11-2-4-12(20)5-3-11/h3-8,11,13,21,25H,9-10H2,1-2H3;4-9,13,21,24H,3,10-12H2,1-2H3;3-7,10-11,19,23H,2,8-9H2,1H3;3-8,11,19,22H,9-10H2,1-2H3;2-7,10,18,22H,8-9H2,1H3. The van der Waals surface area contributed by atoms with E-state index < -0.39 is 0 Å². The smallest absolute Gasteiger partial charge is 0.410 e. The van der Waals surface area contributed by atoms with Gasteiger partial charge in [-0.15, -0.1) is 0 Å². The molecule has 0 bridgehead atoms. The van der Waals surface area contributed by atoms with Crippen LogP contribution in [0.5, 0.6) is 5.75 Å². The van der Waals surface area contributed by atoms with Crippen LogP contribution >= 0.6 is 94.2 Å². The summed E-state index contributed by atoms with van der Waals surface area (Å²) in [6.07, 6.45) is 2.88. The number of ether oxygens (including phenoxy) is 6. The molecule has 5 aromatic heterocycles. The summed E-state index contributed by atoms with van der Waals surface area (Å²) < 4.78 is 34.6. The minimum absolute atomic E-state index is 0.190. The number of fused-ring (bicyclic) bond motifs is 15. The number of rotatable bonds is 10. The van der Waals surface area contributed by atoms with Gasteiger partial charge in [0.2, 0.25) is 0 Å². The molecule has 15 aromatic rings. The average molecular weight is 2050 g/mol. The number of aromatic amines is 5. The van der Waals surface area contributed by atoms with E-state index >= 15 is 0 Å². The molecule has 0 spiro atoms. The van der Waals surface area contributed by atoms with Crippen LogP contribution in [0.15, 0.2) is 226 Å². The molecule has 29 heteroatoms. The molecule has 10 heterocycles. The maximum Gasteiger partial charge on any atom is 0.410 e. The van der Waals surface area contributed by atoms with E-state index in [0.29, 0.717) is 66.6 Å².